The monoisotopic (exact) mass is 602 g/mol. The summed E-state index contributed by atoms with van der Waals surface area (Å²) in [6, 6.07) is 0. The topological polar surface area (TPSA) is 267 Å². The molecule has 0 unspecified atom stereocenters. The van der Waals surface area contributed by atoms with Crippen LogP contribution in [0.2, 0.25) is 0 Å². The molecule has 17 heteroatoms. The van der Waals surface area contributed by atoms with Gasteiger partial charge in [-0.1, -0.05) is 0 Å². The lowest BCUT2D eigenvalue weighted by Gasteiger charge is -2.49. The Hall–Kier alpha value is -0.680. The van der Waals surface area contributed by atoms with Crippen molar-refractivity contribution in [3.63, 3.8) is 0 Å². The Bertz CT molecular complexity index is 821. The van der Waals surface area contributed by atoms with Gasteiger partial charge in [-0.15, -0.1) is 0 Å². The number of aliphatic hydroxyl groups is 10. The first kappa shape index (κ1) is 33.2. The number of hydrogen-bond acceptors (Lipinski definition) is 17. The fourth-order valence-electron chi connectivity index (χ4n) is 5.36. The maximum absolute atomic E-state index is 11.1. The zero-order chi connectivity index (χ0) is 30.2. The van der Waals surface area contributed by atoms with Crippen LogP contribution in [0.4, 0.5) is 0 Å². The van der Waals surface area contributed by atoms with Crippen LogP contribution in [0.25, 0.3) is 0 Å². The van der Waals surface area contributed by atoms with Gasteiger partial charge in [0.1, 0.15) is 73.2 Å². The largest absolute Gasteiger partial charge is 0.394 e. The molecule has 4 heterocycles. The highest BCUT2D eigenvalue weighted by molar-refractivity contribution is 4.97. The average molecular weight is 603 g/mol. The highest BCUT2D eigenvalue weighted by Crippen LogP contribution is 2.35. The maximum Gasteiger partial charge on any atom is 0.187 e. The lowest BCUT2D eigenvalue weighted by Crippen LogP contribution is -2.67. The normalized spacial score (nSPS) is 53.3. The summed E-state index contributed by atoms with van der Waals surface area (Å²) < 4.78 is 39.9. The van der Waals surface area contributed by atoms with Crippen LogP contribution in [0.5, 0.6) is 0 Å². The van der Waals surface area contributed by atoms with Crippen molar-refractivity contribution in [2.24, 2.45) is 0 Å². The van der Waals surface area contributed by atoms with Crippen molar-refractivity contribution in [3.05, 3.63) is 0 Å². The van der Waals surface area contributed by atoms with Gasteiger partial charge in [0.15, 0.2) is 25.2 Å². The van der Waals surface area contributed by atoms with Crippen LogP contribution < -0.4 is 0 Å². The second-order valence-electron chi connectivity index (χ2n) is 10.9. The molecule has 0 aromatic heterocycles. The van der Waals surface area contributed by atoms with Gasteiger partial charge in [-0.3, -0.25) is 0 Å². The number of rotatable bonds is 8. The summed E-state index contributed by atoms with van der Waals surface area (Å²) in [6.07, 6.45) is -25.8. The summed E-state index contributed by atoms with van der Waals surface area (Å²) in [5, 5.41) is 103. The van der Waals surface area contributed by atoms with E-state index in [-0.39, 0.29) is 6.10 Å². The summed E-state index contributed by atoms with van der Waals surface area (Å²) in [5.41, 5.74) is 0. The molecule has 0 aliphatic carbocycles. The van der Waals surface area contributed by atoms with Crippen molar-refractivity contribution in [1.29, 1.82) is 0 Å². The fourth-order valence-corrected chi connectivity index (χ4v) is 5.36. The van der Waals surface area contributed by atoms with E-state index < -0.39 is 118 Å². The average Bonchev–Trinajstić information content (AvgIpc) is 2.94. The van der Waals surface area contributed by atoms with E-state index in [1.807, 2.05) is 0 Å². The van der Waals surface area contributed by atoms with E-state index >= 15 is 0 Å². The van der Waals surface area contributed by atoms with Gasteiger partial charge in [0.25, 0.3) is 0 Å². The third-order valence-corrected chi connectivity index (χ3v) is 7.87. The van der Waals surface area contributed by atoms with Crippen LogP contribution in [-0.2, 0) is 33.2 Å². The van der Waals surface area contributed by atoms with Crippen LogP contribution in [0, 0.1) is 0 Å². The second kappa shape index (κ2) is 14.0. The molecule has 0 aromatic rings. The predicted octanol–water partition coefficient (Wildman–Crippen LogP) is -5.64. The van der Waals surface area contributed by atoms with Crippen molar-refractivity contribution in [1.82, 2.24) is 0 Å². The number of ether oxygens (including phenoxy) is 7. The van der Waals surface area contributed by atoms with E-state index in [9.17, 15) is 51.1 Å². The van der Waals surface area contributed by atoms with Crippen LogP contribution in [0.15, 0.2) is 0 Å². The van der Waals surface area contributed by atoms with Crippen molar-refractivity contribution < 1.29 is 84.2 Å². The minimum absolute atomic E-state index is 0.302. The van der Waals surface area contributed by atoms with Gasteiger partial charge in [0, 0.05) is 0 Å². The van der Waals surface area contributed by atoms with Gasteiger partial charge in [0.2, 0.25) is 0 Å². The Morgan fingerprint density at radius 1 is 0.537 bits per heavy atom. The Labute approximate surface area is 235 Å². The molecule has 10 N–H and O–H groups in total. The molecule has 0 radical (unpaired) electrons. The van der Waals surface area contributed by atoms with Crippen LogP contribution >= 0.6 is 0 Å². The Morgan fingerprint density at radius 3 is 1.78 bits per heavy atom. The van der Waals surface area contributed by atoms with Crippen LogP contribution in [-0.4, -0.2) is 175 Å². The van der Waals surface area contributed by atoms with Gasteiger partial charge in [-0.05, 0) is 26.7 Å². The first-order valence-electron chi connectivity index (χ1n) is 13.6. The zero-order valence-corrected chi connectivity index (χ0v) is 22.6. The summed E-state index contributed by atoms with van der Waals surface area (Å²) in [6.45, 7) is 1.67. The predicted molar refractivity (Wildman–Crippen MR) is 128 cm³/mol. The molecule has 0 amide bonds. The molecule has 0 aromatic carbocycles. The van der Waals surface area contributed by atoms with Gasteiger partial charge >= 0.3 is 0 Å². The SMILES string of the molecule is C[C@@H]1CC[C@@H](O)[C@@H](O[C@H]2[C@H](O)[C@@H](CO)O[C@H](O[C@@H]3[C@@H](O)[C@@H](O)[C@H](O)O[C@H]3C)[C@H]2O[C@H]2O[C@H](CO)[C@H](O)[C@H](O)[C@H]2O)O1. The molecular formula is C24H42O17. The van der Waals surface area contributed by atoms with E-state index in [0.717, 1.165) is 0 Å². The van der Waals surface area contributed by atoms with E-state index in [4.69, 9.17) is 33.2 Å². The van der Waals surface area contributed by atoms with Crippen LogP contribution in [0.1, 0.15) is 26.7 Å². The summed E-state index contributed by atoms with van der Waals surface area (Å²) >= 11 is 0. The van der Waals surface area contributed by atoms with Gasteiger partial charge < -0.3 is 84.2 Å². The third kappa shape index (κ3) is 7.02. The Kier molecular flexibility index (Phi) is 11.3. The molecule has 0 saturated carbocycles. The first-order chi connectivity index (χ1) is 19.4. The first-order valence-corrected chi connectivity index (χ1v) is 13.6. The van der Waals surface area contributed by atoms with E-state index in [2.05, 4.69) is 0 Å². The molecule has 4 saturated heterocycles. The smallest absolute Gasteiger partial charge is 0.187 e. The molecule has 240 valence electrons. The molecule has 4 rings (SSSR count). The summed E-state index contributed by atoms with van der Waals surface area (Å²) in [5.74, 6) is 0. The molecule has 0 bridgehead atoms. The Balaban J connectivity index is 1.66. The lowest BCUT2D eigenvalue weighted by molar-refractivity contribution is -0.399. The van der Waals surface area contributed by atoms with E-state index in [1.54, 1.807) is 6.92 Å². The molecule has 4 aliphatic heterocycles. The van der Waals surface area contributed by atoms with Gasteiger partial charge in [-0.25, -0.2) is 0 Å². The number of hydrogen-bond donors (Lipinski definition) is 10. The van der Waals surface area contributed by atoms with E-state index in [1.165, 1.54) is 6.92 Å². The van der Waals surface area contributed by atoms with Gasteiger partial charge in [-0.2, -0.15) is 0 Å². The van der Waals surface area contributed by atoms with Gasteiger partial charge in [0.05, 0.1) is 25.4 Å². The zero-order valence-electron chi connectivity index (χ0n) is 22.6. The maximum atomic E-state index is 11.1. The van der Waals surface area contributed by atoms with Crippen molar-refractivity contribution >= 4 is 0 Å². The van der Waals surface area contributed by atoms with Crippen LogP contribution in [0.3, 0.4) is 0 Å². The molecule has 41 heavy (non-hydrogen) atoms. The fraction of sp³-hybridized carbons (Fsp3) is 1.00. The molecule has 4 fully saturated rings. The molecule has 17 nitrogen and oxygen atoms in total. The quantitative estimate of drug-likeness (QED) is 0.124. The summed E-state index contributed by atoms with van der Waals surface area (Å²) in [7, 11) is 0. The van der Waals surface area contributed by atoms with Crippen molar-refractivity contribution in [3.8, 4) is 0 Å². The second-order valence-corrected chi connectivity index (χ2v) is 10.9. The lowest BCUT2D eigenvalue weighted by atomic mass is 9.96. The van der Waals surface area contributed by atoms with E-state index in [0.29, 0.717) is 12.8 Å². The highest BCUT2D eigenvalue weighted by atomic mass is 16.8. The molecule has 0 spiro atoms. The molecule has 4 aliphatic rings. The van der Waals surface area contributed by atoms with Crippen molar-refractivity contribution in [2.45, 2.75) is 137 Å². The molecular weight excluding hydrogens is 560 g/mol. The highest BCUT2D eigenvalue weighted by Gasteiger charge is 2.55. The molecule has 18 atom stereocenters. The number of aliphatic hydroxyl groups excluding tert-OH is 10. The minimum Gasteiger partial charge on any atom is -0.394 e. The van der Waals surface area contributed by atoms with Crippen molar-refractivity contribution in [2.75, 3.05) is 13.2 Å². The third-order valence-electron chi connectivity index (χ3n) is 7.87. The Morgan fingerprint density at radius 2 is 1.12 bits per heavy atom. The summed E-state index contributed by atoms with van der Waals surface area (Å²) in [4.78, 5) is 0. The standard InChI is InChI=1S/C24H42O17/c1-7-3-4-9(27)22(35-7)40-19-13(29)11(6-26)38-24(39-18-8(2)36-21(34)16(32)15(18)31)20(19)41-23-17(33)14(30)12(28)10(5-25)37-23/h7-34H,3-6H2,1-2H3/t7-,8+,9-,10-,11-,12+,13-,14+,15+,16-,17-,18+,19+,20+,21-,22-,23-,24-/m1/s1. The minimum atomic E-state index is -1.88.